The number of aliphatic hydroxyl groups excluding tert-OH is 1. The van der Waals surface area contributed by atoms with E-state index in [0.717, 1.165) is 12.8 Å². The lowest BCUT2D eigenvalue weighted by Gasteiger charge is -2.28. The Morgan fingerprint density at radius 1 is 1.42 bits per heavy atom. The van der Waals surface area contributed by atoms with E-state index < -0.39 is 5.54 Å². The molecule has 1 aliphatic rings. The number of nitrogens with one attached hydrogen (secondary N) is 2. The molecule has 0 bridgehead atoms. The third kappa shape index (κ3) is 3.12. The smallest absolute Gasteiger partial charge is 0.251 e. The molecule has 0 spiro atoms. The zero-order valence-corrected chi connectivity index (χ0v) is 10.8. The van der Waals surface area contributed by atoms with E-state index in [9.17, 15) is 14.7 Å². The average molecular weight is 262 g/mol. The van der Waals surface area contributed by atoms with E-state index in [4.69, 9.17) is 0 Å². The van der Waals surface area contributed by atoms with Crippen LogP contribution in [-0.2, 0) is 4.79 Å². The molecule has 5 nitrogen and oxygen atoms in total. The minimum atomic E-state index is -0.545. The lowest BCUT2D eigenvalue weighted by molar-refractivity contribution is -0.105. The van der Waals surface area contributed by atoms with Gasteiger partial charge in [-0.25, -0.2) is 0 Å². The number of anilines is 1. The fraction of sp³-hybridized carbons (Fsp3) is 0.429. The second kappa shape index (κ2) is 5.40. The summed E-state index contributed by atoms with van der Waals surface area (Å²) in [5.74, 6) is 0.151. The lowest BCUT2D eigenvalue weighted by Crippen LogP contribution is -2.50. The van der Waals surface area contributed by atoms with Crippen molar-refractivity contribution in [2.24, 2.45) is 5.92 Å². The monoisotopic (exact) mass is 262 g/mol. The summed E-state index contributed by atoms with van der Waals surface area (Å²) in [4.78, 5) is 22.4. The van der Waals surface area contributed by atoms with Crippen LogP contribution in [0.25, 0.3) is 0 Å². The van der Waals surface area contributed by atoms with Crippen molar-refractivity contribution in [2.45, 2.75) is 25.3 Å². The van der Waals surface area contributed by atoms with Gasteiger partial charge < -0.3 is 15.7 Å². The molecular formula is C14H18N2O3. The van der Waals surface area contributed by atoms with Gasteiger partial charge in [0.1, 0.15) is 0 Å². The molecule has 0 aromatic heterocycles. The number of hydrogen-bond acceptors (Lipinski definition) is 3. The Hall–Kier alpha value is -1.88. The topological polar surface area (TPSA) is 78.4 Å². The van der Waals surface area contributed by atoms with Crippen molar-refractivity contribution in [2.75, 3.05) is 11.9 Å². The van der Waals surface area contributed by atoms with E-state index in [1.165, 1.54) is 0 Å². The quantitative estimate of drug-likeness (QED) is 0.673. The summed E-state index contributed by atoms with van der Waals surface area (Å²) in [5, 5.41) is 14.8. The number of carbonyl (C=O) groups is 2. The zero-order valence-electron chi connectivity index (χ0n) is 10.8. The minimum Gasteiger partial charge on any atom is -0.394 e. The normalized spacial score (nSPS) is 17.4. The molecule has 0 aliphatic heterocycles. The molecule has 1 aromatic carbocycles. The van der Waals surface area contributed by atoms with E-state index in [1.807, 2.05) is 6.92 Å². The lowest BCUT2D eigenvalue weighted by atomic mass is 9.96. The van der Waals surface area contributed by atoms with Crippen LogP contribution in [0.15, 0.2) is 24.3 Å². The van der Waals surface area contributed by atoms with Crippen LogP contribution in [-0.4, -0.2) is 29.6 Å². The maximum atomic E-state index is 12.1. The van der Waals surface area contributed by atoms with Crippen LogP contribution < -0.4 is 10.6 Å². The fourth-order valence-electron chi connectivity index (χ4n) is 2.11. The second-order valence-electron chi connectivity index (χ2n) is 5.14. The summed E-state index contributed by atoms with van der Waals surface area (Å²) < 4.78 is 0. The number of rotatable bonds is 6. The van der Waals surface area contributed by atoms with Crippen LogP contribution in [0.3, 0.4) is 0 Å². The van der Waals surface area contributed by atoms with Gasteiger partial charge in [0, 0.05) is 11.3 Å². The highest BCUT2D eigenvalue weighted by Crippen LogP contribution is 2.39. The number of benzene rings is 1. The van der Waals surface area contributed by atoms with Gasteiger partial charge in [0.2, 0.25) is 6.41 Å². The average Bonchev–Trinajstić information content (AvgIpc) is 3.24. The Bertz CT molecular complexity index is 468. The minimum absolute atomic E-state index is 0.0613. The van der Waals surface area contributed by atoms with Gasteiger partial charge in [-0.1, -0.05) is 0 Å². The van der Waals surface area contributed by atoms with E-state index in [-0.39, 0.29) is 12.5 Å². The molecule has 1 aromatic rings. The van der Waals surface area contributed by atoms with E-state index in [0.29, 0.717) is 23.6 Å². The van der Waals surface area contributed by atoms with Crippen LogP contribution in [0, 0.1) is 5.92 Å². The summed E-state index contributed by atoms with van der Waals surface area (Å²) in [7, 11) is 0. The summed E-state index contributed by atoms with van der Waals surface area (Å²) in [6.07, 6.45) is 2.67. The first kappa shape index (κ1) is 13.5. The summed E-state index contributed by atoms with van der Waals surface area (Å²) in [5.41, 5.74) is 0.604. The zero-order chi connectivity index (χ0) is 13.9. The highest BCUT2D eigenvalue weighted by molar-refractivity contribution is 5.95. The first-order valence-corrected chi connectivity index (χ1v) is 6.32. The van der Waals surface area contributed by atoms with Crippen LogP contribution in [0.2, 0.25) is 0 Å². The fourth-order valence-corrected chi connectivity index (χ4v) is 2.11. The standard InChI is InChI=1S/C14H18N2O3/c1-14(8-17,11-4-5-11)16-13(19)10-2-6-12(7-3-10)15-9-18/h2-3,6-7,9,11,17H,4-5,8H2,1H3,(H,15,18)(H,16,19). The maximum Gasteiger partial charge on any atom is 0.251 e. The van der Waals surface area contributed by atoms with Crippen molar-refractivity contribution in [3.63, 3.8) is 0 Å². The van der Waals surface area contributed by atoms with E-state index >= 15 is 0 Å². The Labute approximate surface area is 112 Å². The molecule has 2 rings (SSSR count). The summed E-state index contributed by atoms with van der Waals surface area (Å²) in [6, 6.07) is 6.62. The van der Waals surface area contributed by atoms with Gasteiger partial charge in [-0.3, -0.25) is 9.59 Å². The largest absolute Gasteiger partial charge is 0.394 e. The Kier molecular flexibility index (Phi) is 3.85. The molecule has 1 saturated carbocycles. The van der Waals surface area contributed by atoms with Gasteiger partial charge >= 0.3 is 0 Å². The van der Waals surface area contributed by atoms with Gasteiger partial charge in [-0.15, -0.1) is 0 Å². The molecule has 0 saturated heterocycles. The third-order valence-corrected chi connectivity index (χ3v) is 3.58. The number of amides is 2. The molecule has 0 radical (unpaired) electrons. The van der Waals surface area contributed by atoms with Crippen LogP contribution >= 0.6 is 0 Å². The first-order chi connectivity index (χ1) is 9.09. The van der Waals surface area contributed by atoms with E-state index in [1.54, 1.807) is 24.3 Å². The Morgan fingerprint density at radius 3 is 2.53 bits per heavy atom. The first-order valence-electron chi connectivity index (χ1n) is 6.32. The van der Waals surface area contributed by atoms with Crippen LogP contribution in [0.5, 0.6) is 0 Å². The van der Waals surface area contributed by atoms with Gasteiger partial charge in [0.15, 0.2) is 0 Å². The van der Waals surface area contributed by atoms with Crippen molar-refractivity contribution in [3.05, 3.63) is 29.8 Å². The molecule has 5 heteroatoms. The van der Waals surface area contributed by atoms with Crippen LogP contribution in [0.1, 0.15) is 30.1 Å². The van der Waals surface area contributed by atoms with Gasteiger partial charge in [-0.2, -0.15) is 0 Å². The summed E-state index contributed by atoms with van der Waals surface area (Å²) >= 11 is 0. The highest BCUT2D eigenvalue weighted by Gasteiger charge is 2.42. The summed E-state index contributed by atoms with van der Waals surface area (Å²) in [6.45, 7) is 1.80. The molecular weight excluding hydrogens is 244 g/mol. The molecule has 2 amide bonds. The molecule has 1 fully saturated rings. The van der Waals surface area contributed by atoms with Crippen molar-refractivity contribution in [1.29, 1.82) is 0 Å². The number of carbonyl (C=O) groups excluding carboxylic acids is 2. The second-order valence-corrected chi connectivity index (χ2v) is 5.14. The van der Waals surface area contributed by atoms with Crippen molar-refractivity contribution in [3.8, 4) is 0 Å². The SMILES string of the molecule is CC(CO)(NC(=O)c1ccc(NC=O)cc1)C1CC1. The van der Waals surface area contributed by atoms with Gasteiger partial charge in [0.25, 0.3) is 5.91 Å². The molecule has 19 heavy (non-hydrogen) atoms. The van der Waals surface area contributed by atoms with Gasteiger partial charge in [0.05, 0.1) is 12.1 Å². The molecule has 1 aliphatic carbocycles. The number of hydrogen-bond donors (Lipinski definition) is 3. The molecule has 102 valence electrons. The van der Waals surface area contributed by atoms with Crippen LogP contribution in [0.4, 0.5) is 5.69 Å². The van der Waals surface area contributed by atoms with Crippen molar-refractivity contribution >= 4 is 18.0 Å². The van der Waals surface area contributed by atoms with Crippen molar-refractivity contribution < 1.29 is 14.7 Å². The molecule has 1 atom stereocenters. The molecule has 0 heterocycles. The predicted octanol–water partition coefficient (Wildman–Crippen LogP) is 1.15. The molecule has 3 N–H and O–H groups in total. The Balaban J connectivity index is 2.04. The Morgan fingerprint density at radius 2 is 2.05 bits per heavy atom. The highest BCUT2D eigenvalue weighted by atomic mass is 16.3. The third-order valence-electron chi connectivity index (χ3n) is 3.58. The predicted molar refractivity (Wildman–Crippen MR) is 71.8 cm³/mol. The van der Waals surface area contributed by atoms with Gasteiger partial charge in [-0.05, 0) is 49.9 Å². The van der Waals surface area contributed by atoms with E-state index in [2.05, 4.69) is 10.6 Å². The maximum absolute atomic E-state index is 12.1. The number of aliphatic hydroxyl groups is 1. The molecule has 1 unspecified atom stereocenters. The van der Waals surface area contributed by atoms with Crippen molar-refractivity contribution in [1.82, 2.24) is 5.32 Å².